The molecule has 0 heterocycles. The quantitative estimate of drug-likeness (QED) is 0.643. The number of carbonyl (C=O) groups is 3. The average Bonchev–Trinajstić information content (AvgIpc) is 2.56. The molecule has 0 spiro atoms. The number of nitrogens with one attached hydrogen (secondary N) is 2. The standard InChI is InChI=1S/C18H17ClN2O4S/c1-10(26-14-5-3-4-12(8-14)20-11(2)22)17(23)21-13-6-7-16(19)15(9-13)18(24)25/h3-10H,1-2H3,(H,20,22)(H,21,23)(H,24,25). The van der Waals surface area contributed by atoms with E-state index in [-0.39, 0.29) is 22.4 Å². The van der Waals surface area contributed by atoms with E-state index in [1.807, 2.05) is 6.07 Å². The Morgan fingerprint density at radius 3 is 2.42 bits per heavy atom. The molecule has 2 aromatic rings. The summed E-state index contributed by atoms with van der Waals surface area (Å²) in [4.78, 5) is 35.4. The summed E-state index contributed by atoms with van der Waals surface area (Å²) in [5.74, 6) is -1.61. The summed E-state index contributed by atoms with van der Waals surface area (Å²) >= 11 is 7.14. The molecule has 1 unspecified atom stereocenters. The lowest BCUT2D eigenvalue weighted by molar-refractivity contribution is -0.115. The fraction of sp³-hybridized carbons (Fsp3) is 0.167. The molecule has 8 heteroatoms. The van der Waals surface area contributed by atoms with Crippen molar-refractivity contribution in [3.8, 4) is 0 Å². The Hall–Kier alpha value is -2.51. The zero-order valence-electron chi connectivity index (χ0n) is 14.1. The van der Waals surface area contributed by atoms with Gasteiger partial charge in [-0.25, -0.2) is 4.79 Å². The molecule has 0 aliphatic heterocycles. The van der Waals surface area contributed by atoms with Gasteiger partial charge in [-0.15, -0.1) is 11.8 Å². The van der Waals surface area contributed by atoms with Gasteiger partial charge in [0, 0.05) is 23.2 Å². The molecule has 2 amide bonds. The number of thioether (sulfide) groups is 1. The van der Waals surface area contributed by atoms with Gasteiger partial charge in [0.15, 0.2) is 0 Å². The minimum absolute atomic E-state index is 0.0761. The Balaban J connectivity index is 2.05. The summed E-state index contributed by atoms with van der Waals surface area (Å²) in [5.41, 5.74) is 0.933. The van der Waals surface area contributed by atoms with Gasteiger partial charge in [-0.05, 0) is 43.3 Å². The molecule has 6 nitrogen and oxygen atoms in total. The summed E-state index contributed by atoms with van der Waals surface area (Å²) in [7, 11) is 0. The number of carboxylic acid groups (broad SMARTS) is 1. The van der Waals surface area contributed by atoms with E-state index in [1.165, 1.54) is 30.8 Å². The first-order chi connectivity index (χ1) is 12.3. The average molecular weight is 393 g/mol. The lowest BCUT2D eigenvalue weighted by Gasteiger charge is -2.13. The van der Waals surface area contributed by atoms with Crippen molar-refractivity contribution in [2.45, 2.75) is 24.0 Å². The van der Waals surface area contributed by atoms with E-state index in [1.54, 1.807) is 31.2 Å². The number of rotatable bonds is 6. The van der Waals surface area contributed by atoms with Crippen molar-refractivity contribution in [2.75, 3.05) is 10.6 Å². The van der Waals surface area contributed by atoms with Crippen molar-refractivity contribution in [3.63, 3.8) is 0 Å². The second-order valence-electron chi connectivity index (χ2n) is 5.46. The lowest BCUT2D eigenvalue weighted by Crippen LogP contribution is -2.22. The van der Waals surface area contributed by atoms with Gasteiger partial charge in [-0.3, -0.25) is 9.59 Å². The molecule has 0 radical (unpaired) electrons. The largest absolute Gasteiger partial charge is 0.478 e. The molecule has 0 bridgehead atoms. The zero-order valence-corrected chi connectivity index (χ0v) is 15.6. The van der Waals surface area contributed by atoms with Crippen molar-refractivity contribution in [1.82, 2.24) is 0 Å². The third kappa shape index (κ3) is 5.50. The predicted molar refractivity (Wildman–Crippen MR) is 103 cm³/mol. The Kier molecular flexibility index (Phi) is 6.65. The van der Waals surface area contributed by atoms with E-state index < -0.39 is 11.2 Å². The van der Waals surface area contributed by atoms with Gasteiger partial charge in [-0.2, -0.15) is 0 Å². The summed E-state index contributed by atoms with van der Waals surface area (Å²) in [5, 5.41) is 14.1. The van der Waals surface area contributed by atoms with Gasteiger partial charge in [0.1, 0.15) is 0 Å². The number of halogens is 1. The van der Waals surface area contributed by atoms with Crippen molar-refractivity contribution in [3.05, 3.63) is 53.1 Å². The van der Waals surface area contributed by atoms with Gasteiger partial charge in [-0.1, -0.05) is 17.7 Å². The van der Waals surface area contributed by atoms with Gasteiger partial charge in [0.2, 0.25) is 11.8 Å². The first kappa shape index (κ1) is 19.8. The number of aromatic carboxylic acids is 1. The first-order valence-corrected chi connectivity index (χ1v) is 8.90. The highest BCUT2D eigenvalue weighted by Crippen LogP contribution is 2.27. The van der Waals surface area contributed by atoms with Crippen LogP contribution in [0.1, 0.15) is 24.2 Å². The number of hydrogen-bond acceptors (Lipinski definition) is 4. The molecule has 0 saturated carbocycles. The highest BCUT2D eigenvalue weighted by Gasteiger charge is 2.16. The van der Waals surface area contributed by atoms with Crippen LogP contribution in [0.2, 0.25) is 5.02 Å². The van der Waals surface area contributed by atoms with Crippen LogP contribution in [0.4, 0.5) is 11.4 Å². The molecule has 136 valence electrons. The molecule has 0 saturated heterocycles. The fourth-order valence-corrected chi connectivity index (χ4v) is 3.24. The minimum atomic E-state index is -1.16. The number of benzene rings is 2. The van der Waals surface area contributed by atoms with Crippen LogP contribution in [0.15, 0.2) is 47.4 Å². The van der Waals surface area contributed by atoms with Crippen LogP contribution >= 0.6 is 23.4 Å². The Labute approximate surface area is 159 Å². The van der Waals surface area contributed by atoms with Gasteiger partial charge < -0.3 is 15.7 Å². The normalized spacial score (nSPS) is 11.5. The highest BCUT2D eigenvalue weighted by atomic mass is 35.5. The van der Waals surface area contributed by atoms with Crippen LogP contribution < -0.4 is 10.6 Å². The third-order valence-electron chi connectivity index (χ3n) is 3.30. The van der Waals surface area contributed by atoms with Gasteiger partial charge in [0.05, 0.1) is 15.8 Å². The van der Waals surface area contributed by atoms with Crippen molar-refractivity contribution >= 4 is 52.5 Å². The highest BCUT2D eigenvalue weighted by molar-refractivity contribution is 8.00. The number of anilines is 2. The van der Waals surface area contributed by atoms with E-state index >= 15 is 0 Å². The van der Waals surface area contributed by atoms with Crippen molar-refractivity contribution < 1.29 is 19.5 Å². The molecule has 3 N–H and O–H groups in total. The molecule has 0 fully saturated rings. The van der Waals surface area contributed by atoms with Crippen molar-refractivity contribution in [2.24, 2.45) is 0 Å². The van der Waals surface area contributed by atoms with Crippen molar-refractivity contribution in [1.29, 1.82) is 0 Å². The predicted octanol–water partition coefficient (Wildman–Crippen LogP) is 4.12. The molecule has 2 aromatic carbocycles. The first-order valence-electron chi connectivity index (χ1n) is 7.64. The Bertz CT molecular complexity index is 857. The van der Waals surface area contributed by atoms with Crippen LogP contribution in [0.25, 0.3) is 0 Å². The Morgan fingerprint density at radius 2 is 1.77 bits per heavy atom. The van der Waals surface area contributed by atoms with Crippen LogP contribution in [-0.4, -0.2) is 28.1 Å². The zero-order chi connectivity index (χ0) is 19.3. The maximum Gasteiger partial charge on any atom is 0.337 e. The van der Waals surface area contributed by atoms with E-state index in [9.17, 15) is 14.4 Å². The summed E-state index contributed by atoms with van der Waals surface area (Å²) < 4.78 is 0. The molecule has 26 heavy (non-hydrogen) atoms. The lowest BCUT2D eigenvalue weighted by atomic mass is 10.2. The molecule has 0 aliphatic rings. The third-order valence-corrected chi connectivity index (χ3v) is 4.72. The fourth-order valence-electron chi connectivity index (χ4n) is 2.12. The van der Waals surface area contributed by atoms with E-state index in [0.717, 1.165) is 4.90 Å². The molecular formula is C18H17ClN2O4S. The topological polar surface area (TPSA) is 95.5 Å². The van der Waals surface area contributed by atoms with Crippen LogP contribution in [0.3, 0.4) is 0 Å². The van der Waals surface area contributed by atoms with E-state index in [4.69, 9.17) is 16.7 Å². The number of carboxylic acids is 1. The second-order valence-corrected chi connectivity index (χ2v) is 7.28. The maximum absolute atomic E-state index is 12.4. The monoisotopic (exact) mass is 392 g/mol. The van der Waals surface area contributed by atoms with E-state index in [0.29, 0.717) is 11.4 Å². The van der Waals surface area contributed by atoms with Crippen LogP contribution in [0, 0.1) is 0 Å². The molecule has 0 aromatic heterocycles. The SMILES string of the molecule is CC(=O)Nc1cccc(SC(C)C(=O)Nc2ccc(Cl)c(C(=O)O)c2)c1. The van der Waals surface area contributed by atoms with Crippen LogP contribution in [-0.2, 0) is 9.59 Å². The van der Waals surface area contributed by atoms with E-state index in [2.05, 4.69) is 10.6 Å². The maximum atomic E-state index is 12.4. The van der Waals surface area contributed by atoms with Crippen LogP contribution in [0.5, 0.6) is 0 Å². The Morgan fingerprint density at radius 1 is 1.08 bits per heavy atom. The number of amides is 2. The van der Waals surface area contributed by atoms with Gasteiger partial charge in [0.25, 0.3) is 0 Å². The second kappa shape index (κ2) is 8.73. The molecule has 0 aliphatic carbocycles. The minimum Gasteiger partial charge on any atom is -0.478 e. The summed E-state index contributed by atoms with van der Waals surface area (Å²) in [6.07, 6.45) is 0. The number of hydrogen-bond donors (Lipinski definition) is 3. The summed E-state index contributed by atoms with van der Waals surface area (Å²) in [6, 6.07) is 11.5. The molecule has 2 rings (SSSR count). The molecular weight excluding hydrogens is 376 g/mol. The summed E-state index contributed by atoms with van der Waals surface area (Å²) in [6.45, 7) is 3.16. The smallest absolute Gasteiger partial charge is 0.337 e. The number of carbonyl (C=O) groups excluding carboxylic acids is 2. The molecule has 1 atom stereocenters. The van der Waals surface area contributed by atoms with Gasteiger partial charge >= 0.3 is 5.97 Å².